The zero-order valence-corrected chi connectivity index (χ0v) is 11.8. The number of rotatable bonds is 6. The second-order valence-corrected chi connectivity index (χ2v) is 4.49. The highest BCUT2D eigenvalue weighted by Gasteiger charge is 2.14. The zero-order valence-electron chi connectivity index (χ0n) is 11.8. The molecule has 0 saturated carbocycles. The minimum Gasteiger partial charge on any atom is -0.436 e. The van der Waals surface area contributed by atoms with Crippen LogP contribution in [0.15, 0.2) is 60.7 Å². The monoisotopic (exact) mass is 300 g/mol. The fourth-order valence-electron chi connectivity index (χ4n) is 2.00. The molecule has 2 rings (SSSR count). The second kappa shape index (κ2) is 8.09. The Hall–Kier alpha value is -2.47. The van der Waals surface area contributed by atoms with Crippen LogP contribution in [0.25, 0.3) is 6.08 Å². The van der Waals surface area contributed by atoms with E-state index in [1.54, 1.807) is 30.3 Å². The SMILES string of the molecule is O=C(C=Cc1ccc(C(OO)c2ccccc2)cc1)OCO. The van der Waals surface area contributed by atoms with Crippen molar-refractivity contribution < 1.29 is 24.8 Å². The fourth-order valence-corrected chi connectivity index (χ4v) is 2.00. The van der Waals surface area contributed by atoms with Gasteiger partial charge in [0.2, 0.25) is 0 Å². The summed E-state index contributed by atoms with van der Waals surface area (Å²) in [4.78, 5) is 15.7. The number of carbonyl (C=O) groups is 1. The molecule has 0 aliphatic heterocycles. The van der Waals surface area contributed by atoms with Crippen molar-refractivity contribution in [3.8, 4) is 0 Å². The Morgan fingerprint density at radius 2 is 1.68 bits per heavy atom. The quantitative estimate of drug-likeness (QED) is 0.282. The lowest BCUT2D eigenvalue weighted by atomic mass is 10.0. The molecule has 0 amide bonds. The van der Waals surface area contributed by atoms with Crippen LogP contribution in [0.4, 0.5) is 0 Å². The Balaban J connectivity index is 2.12. The Labute approximate surface area is 128 Å². The molecule has 22 heavy (non-hydrogen) atoms. The normalized spacial score (nSPS) is 12.3. The summed E-state index contributed by atoms with van der Waals surface area (Å²) in [5.74, 6) is -0.618. The topological polar surface area (TPSA) is 76.0 Å². The van der Waals surface area contributed by atoms with E-state index in [0.29, 0.717) is 0 Å². The Kier molecular flexibility index (Phi) is 5.85. The van der Waals surface area contributed by atoms with Gasteiger partial charge in [-0.1, -0.05) is 54.6 Å². The molecule has 0 aliphatic rings. The summed E-state index contributed by atoms with van der Waals surface area (Å²) in [6.45, 7) is -0.644. The van der Waals surface area contributed by atoms with Crippen molar-refractivity contribution in [3.05, 3.63) is 77.4 Å². The maximum absolute atomic E-state index is 11.1. The third-order valence-electron chi connectivity index (χ3n) is 3.07. The lowest BCUT2D eigenvalue weighted by molar-refractivity contribution is -0.270. The number of aliphatic hydroxyl groups excluding tert-OH is 1. The molecule has 2 aromatic carbocycles. The molecule has 5 nitrogen and oxygen atoms in total. The maximum Gasteiger partial charge on any atom is 0.332 e. The first kappa shape index (κ1) is 15.9. The molecule has 0 aromatic heterocycles. The molecule has 0 saturated heterocycles. The summed E-state index contributed by atoms with van der Waals surface area (Å²) in [6.07, 6.45) is 2.22. The highest BCUT2D eigenvalue weighted by atomic mass is 17.1. The third-order valence-corrected chi connectivity index (χ3v) is 3.07. The van der Waals surface area contributed by atoms with Crippen LogP contribution in [0.2, 0.25) is 0 Å². The smallest absolute Gasteiger partial charge is 0.332 e. The van der Waals surface area contributed by atoms with Crippen LogP contribution >= 0.6 is 0 Å². The van der Waals surface area contributed by atoms with E-state index in [1.807, 2.05) is 30.3 Å². The van der Waals surface area contributed by atoms with Crippen molar-refractivity contribution in [2.24, 2.45) is 0 Å². The molecule has 114 valence electrons. The number of hydrogen-bond acceptors (Lipinski definition) is 5. The molecule has 2 N–H and O–H groups in total. The van der Waals surface area contributed by atoms with Crippen molar-refractivity contribution in [2.75, 3.05) is 6.79 Å². The summed E-state index contributed by atoms with van der Waals surface area (Å²) in [7, 11) is 0. The van der Waals surface area contributed by atoms with E-state index in [2.05, 4.69) is 9.62 Å². The Bertz CT molecular complexity index is 619. The molecule has 0 heterocycles. The average molecular weight is 300 g/mol. The molecule has 0 spiro atoms. The average Bonchev–Trinajstić information content (AvgIpc) is 2.56. The van der Waals surface area contributed by atoms with Crippen LogP contribution in [-0.2, 0) is 14.4 Å². The number of carbonyl (C=O) groups excluding carboxylic acids is 1. The van der Waals surface area contributed by atoms with Crippen LogP contribution in [0.5, 0.6) is 0 Å². The van der Waals surface area contributed by atoms with Gasteiger partial charge in [-0.25, -0.2) is 9.68 Å². The number of esters is 1. The van der Waals surface area contributed by atoms with Gasteiger partial charge in [0, 0.05) is 6.08 Å². The maximum atomic E-state index is 11.1. The van der Waals surface area contributed by atoms with Crippen LogP contribution in [0, 0.1) is 0 Å². The van der Waals surface area contributed by atoms with Gasteiger partial charge in [0.15, 0.2) is 6.79 Å². The second-order valence-electron chi connectivity index (χ2n) is 4.49. The van der Waals surface area contributed by atoms with E-state index in [4.69, 9.17) is 10.4 Å². The largest absolute Gasteiger partial charge is 0.436 e. The summed E-state index contributed by atoms with van der Waals surface area (Å²) in [5.41, 5.74) is 2.40. The molecule has 5 heteroatoms. The van der Waals surface area contributed by atoms with Crippen molar-refractivity contribution in [3.63, 3.8) is 0 Å². The predicted molar refractivity (Wildman–Crippen MR) is 80.7 cm³/mol. The van der Waals surface area contributed by atoms with Gasteiger partial charge in [0.1, 0.15) is 6.10 Å². The van der Waals surface area contributed by atoms with Gasteiger partial charge in [0.25, 0.3) is 0 Å². The van der Waals surface area contributed by atoms with Crippen LogP contribution in [-0.4, -0.2) is 23.1 Å². The highest BCUT2D eigenvalue weighted by molar-refractivity contribution is 5.86. The van der Waals surface area contributed by atoms with Crippen LogP contribution in [0.1, 0.15) is 22.8 Å². The van der Waals surface area contributed by atoms with Crippen molar-refractivity contribution >= 4 is 12.0 Å². The first-order valence-electron chi connectivity index (χ1n) is 6.65. The highest BCUT2D eigenvalue weighted by Crippen LogP contribution is 2.25. The van der Waals surface area contributed by atoms with Gasteiger partial charge in [-0.15, -0.1) is 0 Å². The van der Waals surface area contributed by atoms with Crippen molar-refractivity contribution in [2.45, 2.75) is 6.10 Å². The lowest BCUT2D eigenvalue weighted by Crippen LogP contribution is -2.03. The van der Waals surface area contributed by atoms with Gasteiger partial charge in [-0.05, 0) is 22.8 Å². The minimum atomic E-state index is -0.644. The summed E-state index contributed by atoms with van der Waals surface area (Å²) in [5, 5.41) is 17.6. The number of aliphatic hydroxyl groups is 1. The van der Waals surface area contributed by atoms with Gasteiger partial charge in [-0.2, -0.15) is 0 Å². The molecular formula is C17H16O5. The molecule has 2 aromatic rings. The number of ether oxygens (including phenoxy) is 1. The van der Waals surface area contributed by atoms with Crippen molar-refractivity contribution in [1.82, 2.24) is 0 Å². The predicted octanol–water partition coefficient (Wildman–Crippen LogP) is 2.77. The van der Waals surface area contributed by atoms with E-state index in [9.17, 15) is 4.79 Å². The molecule has 0 aliphatic carbocycles. The first-order valence-corrected chi connectivity index (χ1v) is 6.65. The minimum absolute atomic E-state index is 0.571. The van der Waals surface area contributed by atoms with Crippen LogP contribution in [0.3, 0.4) is 0 Å². The van der Waals surface area contributed by atoms with Gasteiger partial charge in [0.05, 0.1) is 0 Å². The van der Waals surface area contributed by atoms with E-state index < -0.39 is 18.9 Å². The van der Waals surface area contributed by atoms with Crippen LogP contribution < -0.4 is 0 Å². The molecule has 0 bridgehead atoms. The first-order chi connectivity index (χ1) is 10.7. The molecule has 0 radical (unpaired) electrons. The zero-order chi connectivity index (χ0) is 15.8. The fraction of sp³-hybridized carbons (Fsp3) is 0.118. The summed E-state index contributed by atoms with van der Waals surface area (Å²) < 4.78 is 4.38. The molecular weight excluding hydrogens is 284 g/mol. The summed E-state index contributed by atoms with van der Waals surface area (Å²) >= 11 is 0. The van der Waals surface area contributed by atoms with E-state index in [1.165, 1.54) is 6.08 Å². The number of benzene rings is 2. The van der Waals surface area contributed by atoms with Gasteiger partial charge >= 0.3 is 5.97 Å². The molecule has 0 fully saturated rings. The molecule has 1 unspecified atom stereocenters. The van der Waals surface area contributed by atoms with E-state index in [-0.39, 0.29) is 0 Å². The summed E-state index contributed by atoms with van der Waals surface area (Å²) in [6, 6.07) is 16.5. The van der Waals surface area contributed by atoms with E-state index in [0.717, 1.165) is 16.7 Å². The van der Waals surface area contributed by atoms with E-state index >= 15 is 0 Å². The van der Waals surface area contributed by atoms with Gasteiger partial charge in [-0.3, -0.25) is 5.26 Å². The Morgan fingerprint density at radius 3 is 2.27 bits per heavy atom. The Morgan fingerprint density at radius 1 is 1.05 bits per heavy atom. The molecule has 1 atom stereocenters. The number of hydrogen-bond donors (Lipinski definition) is 2. The third kappa shape index (κ3) is 4.26. The standard InChI is InChI=1S/C17H16O5/c18-12-21-16(19)11-8-13-6-9-15(10-7-13)17(22-20)14-4-2-1-3-5-14/h1-11,17-18,20H,12H2. The lowest BCUT2D eigenvalue weighted by Gasteiger charge is -2.14. The van der Waals surface area contributed by atoms with Crippen molar-refractivity contribution in [1.29, 1.82) is 0 Å². The van der Waals surface area contributed by atoms with Gasteiger partial charge < -0.3 is 9.84 Å².